The third-order valence-electron chi connectivity index (χ3n) is 4.34. The van der Waals surface area contributed by atoms with E-state index in [1.807, 2.05) is 24.3 Å². The summed E-state index contributed by atoms with van der Waals surface area (Å²) < 4.78 is 0. The molecule has 0 saturated carbocycles. The van der Waals surface area contributed by atoms with Gasteiger partial charge in [0.2, 0.25) is 5.95 Å². The molecule has 2 aromatic heterocycles. The van der Waals surface area contributed by atoms with Gasteiger partial charge in [0, 0.05) is 17.3 Å². The fraction of sp³-hybridized carbons (Fsp3) is 0.263. The Kier molecular flexibility index (Phi) is 4.58. The topological polar surface area (TPSA) is 87.7 Å². The molecule has 1 aliphatic rings. The second kappa shape index (κ2) is 7.33. The minimum Gasteiger partial charge on any atom is -0.351 e. The predicted octanol–water partition coefficient (Wildman–Crippen LogP) is 2.31. The van der Waals surface area contributed by atoms with E-state index < -0.39 is 0 Å². The summed E-state index contributed by atoms with van der Waals surface area (Å²) >= 11 is 0. The Labute approximate surface area is 151 Å². The summed E-state index contributed by atoms with van der Waals surface area (Å²) in [6.45, 7) is 2.01. The molecule has 3 heterocycles. The summed E-state index contributed by atoms with van der Waals surface area (Å²) in [5.41, 5.74) is 3.01. The number of hydrogen-bond donors (Lipinski definition) is 3. The summed E-state index contributed by atoms with van der Waals surface area (Å²) in [7, 11) is 0. The number of piperidine rings is 1. The summed E-state index contributed by atoms with van der Waals surface area (Å²) in [4.78, 5) is 17.6. The molecule has 0 amide bonds. The highest BCUT2D eigenvalue weighted by atomic mass is 15.1. The Morgan fingerprint density at radius 2 is 2.04 bits per heavy atom. The Bertz CT molecular complexity index is 958. The molecular weight excluding hydrogens is 326 g/mol. The van der Waals surface area contributed by atoms with Crippen LogP contribution in [0.4, 0.5) is 17.5 Å². The van der Waals surface area contributed by atoms with Crippen LogP contribution in [0.3, 0.4) is 0 Å². The fourth-order valence-corrected chi connectivity index (χ4v) is 2.99. The van der Waals surface area contributed by atoms with Gasteiger partial charge in [-0.1, -0.05) is 12.0 Å². The second-order valence-corrected chi connectivity index (χ2v) is 6.17. The van der Waals surface area contributed by atoms with Crippen molar-refractivity contribution in [3.05, 3.63) is 42.4 Å². The largest absolute Gasteiger partial charge is 0.351 e. The van der Waals surface area contributed by atoms with Gasteiger partial charge in [0.25, 0.3) is 0 Å². The van der Waals surface area contributed by atoms with Crippen molar-refractivity contribution in [1.82, 2.24) is 25.3 Å². The molecule has 0 aliphatic carbocycles. The molecule has 0 bridgehead atoms. The van der Waals surface area contributed by atoms with Crippen LogP contribution in [0.25, 0.3) is 11.0 Å². The first-order valence-corrected chi connectivity index (χ1v) is 8.60. The quantitative estimate of drug-likeness (QED) is 0.625. The third kappa shape index (κ3) is 3.55. The smallest absolute Gasteiger partial charge is 0.223 e. The molecular formula is C19H19N7. The van der Waals surface area contributed by atoms with Crippen LogP contribution in [-0.2, 0) is 0 Å². The average Bonchev–Trinajstić information content (AvgIpc) is 2.69. The van der Waals surface area contributed by atoms with Crippen LogP contribution in [0.5, 0.6) is 0 Å². The highest BCUT2D eigenvalue weighted by Gasteiger charge is 2.15. The normalized spacial score (nSPS) is 14.7. The Morgan fingerprint density at radius 3 is 2.88 bits per heavy atom. The summed E-state index contributed by atoms with van der Waals surface area (Å²) in [5, 5.41) is 10.0. The van der Waals surface area contributed by atoms with Crippen LogP contribution in [0.1, 0.15) is 18.4 Å². The monoisotopic (exact) mass is 345 g/mol. The molecule has 3 aromatic rings. The lowest BCUT2D eigenvalue weighted by Crippen LogP contribution is -2.35. The first-order chi connectivity index (χ1) is 12.8. The Balaban J connectivity index is 1.63. The maximum atomic E-state index is 5.47. The molecule has 1 aliphatic heterocycles. The lowest BCUT2D eigenvalue weighted by molar-refractivity contribution is 0.477. The van der Waals surface area contributed by atoms with Gasteiger partial charge in [-0.05, 0) is 44.1 Å². The molecule has 0 unspecified atom stereocenters. The van der Waals surface area contributed by atoms with E-state index in [0.717, 1.165) is 37.2 Å². The SMILES string of the molecule is C#Cc1cccc(Nc2ncnc3cnc(NC4CCNCC4)nc23)c1. The molecule has 3 N–H and O–H groups in total. The lowest BCUT2D eigenvalue weighted by Gasteiger charge is -2.23. The van der Waals surface area contributed by atoms with Gasteiger partial charge in [-0.2, -0.15) is 0 Å². The zero-order valence-corrected chi connectivity index (χ0v) is 14.2. The first-order valence-electron chi connectivity index (χ1n) is 8.60. The number of nitrogens with one attached hydrogen (secondary N) is 3. The van der Waals surface area contributed by atoms with Crippen molar-refractivity contribution in [2.45, 2.75) is 18.9 Å². The number of terminal acetylenes is 1. The zero-order valence-electron chi connectivity index (χ0n) is 14.2. The number of benzene rings is 1. The van der Waals surface area contributed by atoms with Crippen molar-refractivity contribution < 1.29 is 0 Å². The molecule has 0 radical (unpaired) electrons. The van der Waals surface area contributed by atoms with Crippen molar-refractivity contribution in [2.75, 3.05) is 23.7 Å². The minimum absolute atomic E-state index is 0.377. The fourth-order valence-electron chi connectivity index (χ4n) is 2.99. The van der Waals surface area contributed by atoms with Crippen LogP contribution in [0.15, 0.2) is 36.8 Å². The van der Waals surface area contributed by atoms with E-state index in [2.05, 4.69) is 41.8 Å². The second-order valence-electron chi connectivity index (χ2n) is 6.17. The predicted molar refractivity (Wildman–Crippen MR) is 102 cm³/mol. The van der Waals surface area contributed by atoms with Crippen molar-refractivity contribution in [3.8, 4) is 12.3 Å². The van der Waals surface area contributed by atoms with E-state index in [4.69, 9.17) is 6.42 Å². The molecule has 0 atom stereocenters. The lowest BCUT2D eigenvalue weighted by atomic mass is 10.1. The standard InChI is InChI=1S/C19H19N7/c1-2-13-4-3-5-15(10-13)24-18-17-16(22-12-23-18)11-21-19(26-17)25-14-6-8-20-9-7-14/h1,3-5,10-12,14,20H,6-9H2,(H,21,25,26)(H,22,23,24). The number of fused-ring (bicyclic) bond motifs is 1. The highest BCUT2D eigenvalue weighted by molar-refractivity contribution is 5.87. The molecule has 7 nitrogen and oxygen atoms in total. The van der Waals surface area contributed by atoms with Crippen LogP contribution >= 0.6 is 0 Å². The van der Waals surface area contributed by atoms with E-state index in [9.17, 15) is 0 Å². The summed E-state index contributed by atoms with van der Waals surface area (Å²) in [6.07, 6.45) is 10.8. The summed E-state index contributed by atoms with van der Waals surface area (Å²) in [6, 6.07) is 7.99. The molecule has 4 rings (SSSR count). The van der Waals surface area contributed by atoms with E-state index in [1.165, 1.54) is 6.33 Å². The van der Waals surface area contributed by atoms with Crippen molar-refractivity contribution in [2.24, 2.45) is 0 Å². The Morgan fingerprint density at radius 1 is 1.15 bits per heavy atom. The van der Waals surface area contributed by atoms with Gasteiger partial charge in [-0.3, -0.25) is 0 Å². The van der Waals surface area contributed by atoms with Crippen LogP contribution in [-0.4, -0.2) is 39.1 Å². The van der Waals surface area contributed by atoms with Gasteiger partial charge in [0.15, 0.2) is 5.82 Å². The van der Waals surface area contributed by atoms with Gasteiger partial charge in [-0.25, -0.2) is 19.9 Å². The number of anilines is 3. The van der Waals surface area contributed by atoms with Crippen molar-refractivity contribution in [1.29, 1.82) is 0 Å². The van der Waals surface area contributed by atoms with Gasteiger partial charge >= 0.3 is 0 Å². The third-order valence-corrected chi connectivity index (χ3v) is 4.34. The van der Waals surface area contributed by atoms with Gasteiger partial charge in [-0.15, -0.1) is 6.42 Å². The average molecular weight is 345 g/mol. The van der Waals surface area contributed by atoms with E-state index in [0.29, 0.717) is 28.8 Å². The maximum absolute atomic E-state index is 5.47. The van der Waals surface area contributed by atoms with Crippen LogP contribution in [0, 0.1) is 12.3 Å². The Hall–Kier alpha value is -3.24. The number of aromatic nitrogens is 4. The molecule has 1 aromatic carbocycles. The maximum Gasteiger partial charge on any atom is 0.223 e. The van der Waals surface area contributed by atoms with E-state index in [-0.39, 0.29) is 0 Å². The van der Waals surface area contributed by atoms with E-state index >= 15 is 0 Å². The van der Waals surface area contributed by atoms with Gasteiger partial charge in [0.1, 0.15) is 17.4 Å². The molecule has 26 heavy (non-hydrogen) atoms. The van der Waals surface area contributed by atoms with Crippen molar-refractivity contribution >= 4 is 28.5 Å². The highest BCUT2D eigenvalue weighted by Crippen LogP contribution is 2.22. The molecule has 1 saturated heterocycles. The minimum atomic E-state index is 0.377. The number of rotatable bonds is 4. The van der Waals surface area contributed by atoms with E-state index in [1.54, 1.807) is 6.20 Å². The first kappa shape index (κ1) is 16.2. The molecule has 0 spiro atoms. The van der Waals surface area contributed by atoms with Gasteiger partial charge < -0.3 is 16.0 Å². The molecule has 1 fully saturated rings. The zero-order chi connectivity index (χ0) is 17.8. The summed E-state index contributed by atoms with van der Waals surface area (Å²) in [5.74, 6) is 3.85. The molecule has 130 valence electrons. The molecule has 7 heteroatoms. The van der Waals surface area contributed by atoms with Crippen LogP contribution in [0.2, 0.25) is 0 Å². The van der Waals surface area contributed by atoms with Crippen LogP contribution < -0.4 is 16.0 Å². The number of nitrogens with zero attached hydrogens (tertiary/aromatic N) is 4. The van der Waals surface area contributed by atoms with Crippen molar-refractivity contribution in [3.63, 3.8) is 0 Å². The van der Waals surface area contributed by atoms with Gasteiger partial charge in [0.05, 0.1) is 6.20 Å². The number of hydrogen-bond acceptors (Lipinski definition) is 7.